The quantitative estimate of drug-likeness (QED) is 0.540. The molecular formula is C21H23F7N4O6. The number of anilines is 1. The number of hydrogen-bond donors (Lipinski definition) is 2. The summed E-state index contributed by atoms with van der Waals surface area (Å²) >= 11 is 0. The number of morpholine rings is 1. The lowest BCUT2D eigenvalue weighted by molar-refractivity contribution is -0.193. The number of furan rings is 1. The monoisotopic (exact) mass is 560 g/mol. The second-order valence-corrected chi connectivity index (χ2v) is 8.12. The standard InChI is InChI=1S/C17H21FN4O2.2C2HF3O2/c18-14-10-19-16(20-11-14)22-7-9-24-17(13-22)3-5-21(6-4-17)12-15-2-1-8-23-15;2*3-2(4,5)1(6)7/h1-2,8,10-11H,3-7,9,12-13H2;2*(H,6,7). The number of carboxylic acids is 2. The maximum atomic E-state index is 13.0. The molecule has 0 aliphatic carbocycles. The summed E-state index contributed by atoms with van der Waals surface area (Å²) < 4.78 is 88.1. The van der Waals surface area contributed by atoms with Crippen LogP contribution < -0.4 is 4.90 Å². The molecule has 0 bridgehead atoms. The molecule has 1 spiro atoms. The van der Waals surface area contributed by atoms with E-state index in [0.29, 0.717) is 12.6 Å². The van der Waals surface area contributed by atoms with Crippen molar-refractivity contribution in [3.8, 4) is 0 Å². The van der Waals surface area contributed by atoms with Crippen LogP contribution in [0, 0.1) is 5.82 Å². The molecule has 2 saturated heterocycles. The van der Waals surface area contributed by atoms with Gasteiger partial charge in [-0.3, -0.25) is 4.90 Å². The summed E-state index contributed by atoms with van der Waals surface area (Å²) in [5.41, 5.74) is -0.157. The van der Waals surface area contributed by atoms with Crippen molar-refractivity contribution in [1.29, 1.82) is 0 Å². The number of aliphatic carboxylic acids is 2. The van der Waals surface area contributed by atoms with E-state index < -0.39 is 30.1 Å². The van der Waals surface area contributed by atoms with E-state index in [4.69, 9.17) is 29.0 Å². The average molecular weight is 560 g/mol. The molecule has 2 aromatic rings. The zero-order valence-electron chi connectivity index (χ0n) is 19.5. The van der Waals surface area contributed by atoms with Gasteiger partial charge in [0.15, 0.2) is 5.82 Å². The maximum absolute atomic E-state index is 13.0. The number of nitrogens with zero attached hydrogens (tertiary/aromatic N) is 4. The van der Waals surface area contributed by atoms with E-state index in [2.05, 4.69) is 19.8 Å². The van der Waals surface area contributed by atoms with Crippen molar-refractivity contribution in [2.45, 2.75) is 37.3 Å². The molecule has 0 unspecified atom stereocenters. The van der Waals surface area contributed by atoms with Crippen molar-refractivity contribution >= 4 is 17.9 Å². The lowest BCUT2D eigenvalue weighted by Crippen LogP contribution is -2.57. The summed E-state index contributed by atoms with van der Waals surface area (Å²) in [6.07, 6.45) is -4.09. The Bertz CT molecular complexity index is 1000. The van der Waals surface area contributed by atoms with Crippen LogP contribution >= 0.6 is 0 Å². The molecular weight excluding hydrogens is 537 g/mol. The minimum Gasteiger partial charge on any atom is -0.475 e. The van der Waals surface area contributed by atoms with Crippen molar-refractivity contribution in [2.75, 3.05) is 37.7 Å². The molecule has 0 amide bonds. The van der Waals surface area contributed by atoms with Gasteiger partial charge in [0.2, 0.25) is 5.95 Å². The van der Waals surface area contributed by atoms with Crippen LogP contribution in [0.3, 0.4) is 0 Å². The summed E-state index contributed by atoms with van der Waals surface area (Å²) in [4.78, 5) is 30.5. The van der Waals surface area contributed by atoms with Gasteiger partial charge < -0.3 is 24.3 Å². The first-order chi connectivity index (χ1) is 17.6. The number of carbonyl (C=O) groups is 2. The van der Waals surface area contributed by atoms with Gasteiger partial charge in [-0.15, -0.1) is 0 Å². The van der Waals surface area contributed by atoms with Gasteiger partial charge >= 0.3 is 24.3 Å². The zero-order chi connectivity index (χ0) is 28.6. The van der Waals surface area contributed by atoms with Crippen molar-refractivity contribution in [1.82, 2.24) is 14.9 Å². The van der Waals surface area contributed by atoms with Crippen molar-refractivity contribution in [3.05, 3.63) is 42.4 Å². The fourth-order valence-corrected chi connectivity index (χ4v) is 3.53. The Hall–Kier alpha value is -3.47. The van der Waals surface area contributed by atoms with E-state index in [-0.39, 0.29) is 5.60 Å². The molecule has 2 aromatic heterocycles. The molecule has 10 nitrogen and oxygen atoms in total. The summed E-state index contributed by atoms with van der Waals surface area (Å²) in [6.45, 7) is 4.93. The van der Waals surface area contributed by atoms with E-state index in [1.54, 1.807) is 6.26 Å². The van der Waals surface area contributed by atoms with E-state index in [9.17, 15) is 30.7 Å². The number of halogens is 7. The molecule has 0 aromatic carbocycles. The maximum Gasteiger partial charge on any atom is 0.490 e. The zero-order valence-corrected chi connectivity index (χ0v) is 19.5. The third-order valence-corrected chi connectivity index (χ3v) is 5.35. The largest absolute Gasteiger partial charge is 0.490 e. The predicted octanol–water partition coefficient (Wildman–Crippen LogP) is 3.35. The number of piperidine rings is 1. The Morgan fingerprint density at radius 2 is 1.50 bits per heavy atom. The minimum absolute atomic E-state index is 0.157. The molecule has 0 radical (unpaired) electrons. The van der Waals surface area contributed by atoms with E-state index in [0.717, 1.165) is 51.3 Å². The number of hydrogen-bond acceptors (Lipinski definition) is 8. The highest BCUT2D eigenvalue weighted by Gasteiger charge is 2.41. The highest BCUT2D eigenvalue weighted by Crippen LogP contribution is 2.31. The number of carboxylic acid groups (broad SMARTS) is 2. The van der Waals surface area contributed by atoms with Gasteiger partial charge in [0.1, 0.15) is 5.76 Å². The van der Waals surface area contributed by atoms with Gasteiger partial charge in [0.25, 0.3) is 0 Å². The fourth-order valence-electron chi connectivity index (χ4n) is 3.53. The first kappa shape index (κ1) is 30.8. The second-order valence-electron chi connectivity index (χ2n) is 8.12. The number of aromatic nitrogens is 2. The Balaban J connectivity index is 0.000000301. The highest BCUT2D eigenvalue weighted by atomic mass is 19.4. The van der Waals surface area contributed by atoms with E-state index in [1.165, 1.54) is 12.4 Å². The molecule has 212 valence electrons. The summed E-state index contributed by atoms with van der Waals surface area (Å²) in [7, 11) is 0. The van der Waals surface area contributed by atoms with E-state index >= 15 is 0 Å². The number of ether oxygens (including phenoxy) is 1. The third-order valence-electron chi connectivity index (χ3n) is 5.35. The number of likely N-dealkylation sites (tertiary alicyclic amines) is 1. The fraction of sp³-hybridized carbons (Fsp3) is 0.524. The Morgan fingerprint density at radius 3 is 1.95 bits per heavy atom. The van der Waals surface area contributed by atoms with E-state index in [1.807, 2.05) is 12.1 Å². The minimum atomic E-state index is -5.08. The highest BCUT2D eigenvalue weighted by molar-refractivity contribution is 5.73. The molecule has 2 aliphatic rings. The van der Waals surface area contributed by atoms with Crippen LogP contribution in [0.2, 0.25) is 0 Å². The lowest BCUT2D eigenvalue weighted by atomic mass is 9.89. The van der Waals surface area contributed by atoms with Crippen molar-refractivity contribution in [2.24, 2.45) is 0 Å². The van der Waals surface area contributed by atoms with Crippen LogP contribution in [0.1, 0.15) is 18.6 Å². The van der Waals surface area contributed by atoms with Gasteiger partial charge in [0, 0.05) is 19.6 Å². The SMILES string of the molecule is Fc1cnc(N2CCOC3(CCN(Cc4ccco4)CC3)C2)nc1.O=C(O)C(F)(F)F.O=C(O)C(F)(F)F. The van der Waals surface area contributed by atoms with Crippen LogP contribution in [-0.2, 0) is 20.9 Å². The van der Waals surface area contributed by atoms with Crippen molar-refractivity contribution in [3.63, 3.8) is 0 Å². The lowest BCUT2D eigenvalue weighted by Gasteiger charge is -2.47. The van der Waals surface area contributed by atoms with Crippen LogP contribution in [0.5, 0.6) is 0 Å². The second kappa shape index (κ2) is 12.9. The predicted molar refractivity (Wildman–Crippen MR) is 113 cm³/mol. The average Bonchev–Trinajstić information content (AvgIpc) is 3.34. The van der Waals surface area contributed by atoms with Crippen LogP contribution in [0.25, 0.3) is 0 Å². The normalized spacial score (nSPS) is 17.6. The van der Waals surface area contributed by atoms with Crippen LogP contribution in [-0.4, -0.2) is 87.8 Å². The Labute approximate surface area is 210 Å². The molecule has 0 saturated carbocycles. The van der Waals surface area contributed by atoms with Crippen LogP contribution in [0.4, 0.5) is 36.7 Å². The molecule has 38 heavy (non-hydrogen) atoms. The molecule has 4 rings (SSSR count). The first-order valence-corrected chi connectivity index (χ1v) is 10.8. The Morgan fingerprint density at radius 1 is 0.974 bits per heavy atom. The number of alkyl halides is 6. The number of rotatable bonds is 3. The summed E-state index contributed by atoms with van der Waals surface area (Å²) in [5.74, 6) is -4.35. The van der Waals surface area contributed by atoms with Gasteiger partial charge in [-0.2, -0.15) is 26.3 Å². The Kier molecular flexibility index (Phi) is 10.4. The molecule has 4 heterocycles. The summed E-state index contributed by atoms with van der Waals surface area (Å²) in [5, 5.41) is 14.2. The first-order valence-electron chi connectivity index (χ1n) is 10.8. The van der Waals surface area contributed by atoms with Gasteiger partial charge in [-0.05, 0) is 25.0 Å². The molecule has 2 aliphatic heterocycles. The smallest absolute Gasteiger partial charge is 0.475 e. The molecule has 17 heteroatoms. The molecule has 0 atom stereocenters. The molecule has 2 N–H and O–H groups in total. The third kappa shape index (κ3) is 9.77. The van der Waals surface area contributed by atoms with Gasteiger partial charge in [0.05, 0.1) is 44.0 Å². The van der Waals surface area contributed by atoms with Crippen LogP contribution in [0.15, 0.2) is 35.2 Å². The topological polar surface area (TPSA) is 129 Å². The van der Waals surface area contributed by atoms with Crippen molar-refractivity contribution < 1.29 is 59.7 Å². The summed E-state index contributed by atoms with van der Waals surface area (Å²) in [6, 6.07) is 3.93. The van der Waals surface area contributed by atoms with Gasteiger partial charge in [-0.1, -0.05) is 0 Å². The van der Waals surface area contributed by atoms with Gasteiger partial charge in [-0.25, -0.2) is 23.9 Å². The molecule has 2 fully saturated rings.